The Kier molecular flexibility index (Phi) is 14.5. The average Bonchev–Trinajstić information content (AvgIpc) is 3.43. The lowest BCUT2D eigenvalue weighted by atomic mass is 9.93. The molecule has 316 valence electrons. The standard InChI is InChI=1S/C20H21N.C19H20N2.C10H8O6S2.ClH/c1-21(2)15-7-12-20-18-10-5-3-8-16(18)13-14-17-9-4-6-11-19(17)20;1-20-12-11-19-17(14-20)16-9-5-6-10-18(16)21(19)13-15-7-3-2-4-8-15;11-17(12,13)9-5-1-3-7-8(9)4-2-6-10(7)18(14,15)16;/h3-6,8-14H,7,15H2,1-2H3;2-10H,11-14H2,1H3;1-6H,(H,11,12,13)(H,14,15,16);1H. The molecule has 0 unspecified atom stereocenters. The van der Waals surface area contributed by atoms with Crippen LogP contribution in [0.4, 0.5) is 0 Å². The summed E-state index contributed by atoms with van der Waals surface area (Å²) in [6.07, 6.45) is 9.03. The van der Waals surface area contributed by atoms with E-state index in [0.29, 0.717) is 0 Å². The quantitative estimate of drug-likeness (QED) is 0.152. The largest absolute Gasteiger partial charge is 0.340 e. The Morgan fingerprint density at radius 1 is 0.639 bits per heavy atom. The van der Waals surface area contributed by atoms with Crippen LogP contribution in [0.2, 0.25) is 0 Å². The van der Waals surface area contributed by atoms with Crippen molar-refractivity contribution < 1.29 is 25.9 Å². The van der Waals surface area contributed by atoms with Crippen molar-refractivity contribution in [2.75, 3.05) is 34.2 Å². The van der Waals surface area contributed by atoms with Gasteiger partial charge < -0.3 is 14.4 Å². The molecule has 61 heavy (non-hydrogen) atoms. The van der Waals surface area contributed by atoms with Gasteiger partial charge in [-0.25, -0.2) is 0 Å². The fourth-order valence-corrected chi connectivity index (χ4v) is 9.38. The number of likely N-dealkylation sites (N-methyl/N-ethyl adjacent to an activating group) is 1. The molecule has 0 radical (unpaired) electrons. The van der Waals surface area contributed by atoms with Crippen molar-refractivity contribution in [2.45, 2.75) is 35.7 Å². The summed E-state index contributed by atoms with van der Waals surface area (Å²) in [6, 6.07) is 44.4. The summed E-state index contributed by atoms with van der Waals surface area (Å²) in [5, 5.41) is 1.47. The number of hydrogen-bond donors (Lipinski definition) is 2. The van der Waals surface area contributed by atoms with Crippen LogP contribution in [0.5, 0.6) is 0 Å². The molecular weight excluding hydrogens is 826 g/mol. The third kappa shape index (κ3) is 10.6. The molecule has 12 heteroatoms. The van der Waals surface area contributed by atoms with Crippen LogP contribution in [0, 0.1) is 0 Å². The molecule has 0 fully saturated rings. The van der Waals surface area contributed by atoms with Crippen molar-refractivity contribution in [3.05, 3.63) is 185 Å². The van der Waals surface area contributed by atoms with E-state index in [1.165, 1.54) is 79.8 Å². The second-order valence-electron chi connectivity index (χ2n) is 15.3. The first-order chi connectivity index (χ1) is 28.8. The predicted octanol–water partition coefficient (Wildman–Crippen LogP) is 9.99. The molecule has 9 nitrogen and oxygen atoms in total. The minimum atomic E-state index is -4.47. The lowest BCUT2D eigenvalue weighted by Crippen LogP contribution is -2.27. The number of benzene rings is 6. The third-order valence-electron chi connectivity index (χ3n) is 10.8. The molecule has 2 heterocycles. The Hall–Kier alpha value is -5.37. The van der Waals surface area contributed by atoms with E-state index < -0.39 is 30.0 Å². The van der Waals surface area contributed by atoms with E-state index in [2.05, 4.69) is 157 Å². The van der Waals surface area contributed by atoms with Gasteiger partial charge in [-0.2, -0.15) is 16.8 Å². The maximum absolute atomic E-state index is 11.2. The zero-order valence-corrected chi connectivity index (χ0v) is 36.8. The number of nitrogens with zero attached hydrogens (tertiary/aromatic N) is 3. The van der Waals surface area contributed by atoms with E-state index >= 15 is 0 Å². The number of rotatable bonds is 7. The first-order valence-electron chi connectivity index (χ1n) is 19.8. The molecule has 0 spiro atoms. The zero-order chi connectivity index (χ0) is 42.4. The lowest BCUT2D eigenvalue weighted by molar-refractivity contribution is 0.310. The summed E-state index contributed by atoms with van der Waals surface area (Å²) >= 11 is 0. The fraction of sp³-hybridized carbons (Fsp3) is 0.184. The number of para-hydroxylation sites is 1. The van der Waals surface area contributed by atoms with E-state index in [-0.39, 0.29) is 23.2 Å². The summed E-state index contributed by atoms with van der Waals surface area (Å²) in [4.78, 5) is 3.82. The van der Waals surface area contributed by atoms with Crippen LogP contribution in [0.15, 0.2) is 155 Å². The van der Waals surface area contributed by atoms with Crippen LogP contribution >= 0.6 is 12.4 Å². The normalized spacial score (nSPS) is 13.4. The molecular formula is C49H50ClN3O6S2. The van der Waals surface area contributed by atoms with E-state index in [9.17, 15) is 16.8 Å². The monoisotopic (exact) mass is 875 g/mol. The van der Waals surface area contributed by atoms with Crippen molar-refractivity contribution in [3.8, 4) is 0 Å². The van der Waals surface area contributed by atoms with Crippen LogP contribution in [0.1, 0.15) is 45.5 Å². The molecule has 1 aliphatic carbocycles. The van der Waals surface area contributed by atoms with Gasteiger partial charge in [-0.1, -0.05) is 140 Å². The molecule has 9 rings (SSSR count). The van der Waals surface area contributed by atoms with Gasteiger partial charge in [-0.05, 0) is 84.7 Å². The molecule has 1 aliphatic heterocycles. The second-order valence-corrected chi connectivity index (χ2v) is 18.1. The minimum Gasteiger partial charge on any atom is -0.340 e. The molecule has 1 aromatic heterocycles. The Balaban J connectivity index is 0.000000152. The summed E-state index contributed by atoms with van der Waals surface area (Å²) < 4.78 is 65.2. The van der Waals surface area contributed by atoms with Crippen molar-refractivity contribution in [1.82, 2.24) is 14.4 Å². The van der Waals surface area contributed by atoms with Crippen LogP contribution in [0.3, 0.4) is 0 Å². The van der Waals surface area contributed by atoms with E-state index in [4.69, 9.17) is 9.11 Å². The average molecular weight is 877 g/mol. The highest BCUT2D eigenvalue weighted by Crippen LogP contribution is 2.34. The van der Waals surface area contributed by atoms with Gasteiger partial charge >= 0.3 is 0 Å². The maximum Gasteiger partial charge on any atom is 0.295 e. The highest BCUT2D eigenvalue weighted by atomic mass is 35.5. The highest BCUT2D eigenvalue weighted by Gasteiger charge is 2.22. The summed E-state index contributed by atoms with van der Waals surface area (Å²) in [6.45, 7) is 4.26. The fourth-order valence-electron chi connectivity index (χ4n) is 7.97. The van der Waals surface area contributed by atoms with E-state index in [1.54, 1.807) is 0 Å². The highest BCUT2D eigenvalue weighted by molar-refractivity contribution is 7.86. The summed E-state index contributed by atoms with van der Waals surface area (Å²) in [5.41, 5.74) is 12.4. The topological polar surface area (TPSA) is 120 Å². The molecule has 6 aromatic carbocycles. The van der Waals surface area contributed by atoms with Crippen LogP contribution in [0.25, 0.3) is 39.4 Å². The summed E-state index contributed by atoms with van der Waals surface area (Å²) in [7, 11) is -2.48. The number of hydrogen-bond acceptors (Lipinski definition) is 6. The van der Waals surface area contributed by atoms with E-state index in [0.717, 1.165) is 51.2 Å². The Morgan fingerprint density at radius 2 is 1.15 bits per heavy atom. The SMILES string of the molecule is CN(C)CCC=C1c2ccccc2C=Cc2ccccc21.CN1CCc2c(c3ccccc3n2Cc2ccccc2)C1.Cl.O=S(=O)(O)c1cccc2c(S(=O)(=O)O)cccc12. The lowest BCUT2D eigenvalue weighted by Gasteiger charge is -2.24. The molecule has 0 atom stereocenters. The Bertz CT molecular complexity index is 2820. The third-order valence-corrected chi connectivity index (χ3v) is 12.6. The maximum atomic E-state index is 11.2. The van der Waals surface area contributed by atoms with Gasteiger partial charge in [-0.15, -0.1) is 12.4 Å². The Morgan fingerprint density at radius 3 is 1.70 bits per heavy atom. The number of aromatic nitrogens is 1. The number of fused-ring (bicyclic) bond motifs is 6. The van der Waals surface area contributed by atoms with Gasteiger partial charge in [0.15, 0.2) is 0 Å². The molecule has 7 aromatic rings. The van der Waals surface area contributed by atoms with Gasteiger partial charge in [0.05, 0.1) is 0 Å². The second kappa shape index (κ2) is 19.6. The van der Waals surface area contributed by atoms with Crippen molar-refractivity contribution in [2.24, 2.45) is 0 Å². The van der Waals surface area contributed by atoms with Gasteiger partial charge in [0, 0.05) is 60.0 Å². The smallest absolute Gasteiger partial charge is 0.295 e. The van der Waals surface area contributed by atoms with Gasteiger partial charge in [0.2, 0.25) is 0 Å². The molecule has 0 bridgehead atoms. The Labute approximate surface area is 365 Å². The first-order valence-corrected chi connectivity index (χ1v) is 22.7. The van der Waals surface area contributed by atoms with Crippen molar-refractivity contribution in [1.29, 1.82) is 0 Å². The summed E-state index contributed by atoms with van der Waals surface area (Å²) in [5.74, 6) is 0. The minimum absolute atomic E-state index is 0. The first kappa shape index (κ1) is 45.2. The van der Waals surface area contributed by atoms with E-state index in [1.807, 2.05) is 0 Å². The van der Waals surface area contributed by atoms with Gasteiger partial charge in [-0.3, -0.25) is 9.11 Å². The van der Waals surface area contributed by atoms with Crippen molar-refractivity contribution >= 4 is 72.0 Å². The molecule has 2 N–H and O–H groups in total. The van der Waals surface area contributed by atoms with Crippen molar-refractivity contribution in [3.63, 3.8) is 0 Å². The molecule has 0 amide bonds. The zero-order valence-electron chi connectivity index (χ0n) is 34.3. The molecule has 0 saturated heterocycles. The molecule has 0 saturated carbocycles. The number of halogens is 1. The predicted molar refractivity (Wildman–Crippen MR) is 250 cm³/mol. The van der Waals surface area contributed by atoms with Crippen LogP contribution < -0.4 is 0 Å². The van der Waals surface area contributed by atoms with Crippen LogP contribution in [-0.4, -0.2) is 74.5 Å². The molecule has 2 aliphatic rings. The van der Waals surface area contributed by atoms with Crippen LogP contribution in [-0.2, 0) is 39.7 Å². The van der Waals surface area contributed by atoms with Gasteiger partial charge in [0.1, 0.15) is 9.79 Å². The van der Waals surface area contributed by atoms with Gasteiger partial charge in [0.25, 0.3) is 20.2 Å².